The highest BCUT2D eigenvalue weighted by Gasteiger charge is 2.10. The summed E-state index contributed by atoms with van der Waals surface area (Å²) in [5, 5.41) is 3.47. The standard InChI is InChI=1S/C13H21N3/c1-11-10-12(14)4-5-13(11)15-6-9-16-7-2-3-8-16/h4-5,10,15H,2-3,6-9,14H2,1H3. The van der Waals surface area contributed by atoms with E-state index in [0.717, 1.165) is 18.8 Å². The van der Waals surface area contributed by atoms with E-state index in [1.54, 1.807) is 0 Å². The van der Waals surface area contributed by atoms with Crippen LogP contribution in [0, 0.1) is 6.92 Å². The second kappa shape index (κ2) is 5.21. The van der Waals surface area contributed by atoms with E-state index < -0.39 is 0 Å². The van der Waals surface area contributed by atoms with Crippen molar-refractivity contribution in [1.29, 1.82) is 0 Å². The second-order valence-corrected chi connectivity index (χ2v) is 4.55. The lowest BCUT2D eigenvalue weighted by molar-refractivity contribution is 0.352. The van der Waals surface area contributed by atoms with Gasteiger partial charge in [0.05, 0.1) is 0 Å². The molecule has 1 saturated heterocycles. The molecule has 0 amide bonds. The number of benzene rings is 1. The molecule has 1 fully saturated rings. The quantitative estimate of drug-likeness (QED) is 0.762. The number of anilines is 2. The van der Waals surface area contributed by atoms with Gasteiger partial charge in [0, 0.05) is 24.5 Å². The first kappa shape index (κ1) is 11.3. The average Bonchev–Trinajstić information content (AvgIpc) is 2.74. The van der Waals surface area contributed by atoms with E-state index >= 15 is 0 Å². The van der Waals surface area contributed by atoms with Gasteiger partial charge in [-0.15, -0.1) is 0 Å². The number of likely N-dealkylation sites (tertiary alicyclic amines) is 1. The first-order valence-electron chi connectivity index (χ1n) is 6.08. The van der Waals surface area contributed by atoms with Crippen LogP contribution in [-0.4, -0.2) is 31.1 Å². The van der Waals surface area contributed by atoms with Crippen LogP contribution in [-0.2, 0) is 0 Å². The summed E-state index contributed by atoms with van der Waals surface area (Å²) < 4.78 is 0. The molecule has 0 saturated carbocycles. The van der Waals surface area contributed by atoms with Crippen molar-refractivity contribution in [3.8, 4) is 0 Å². The van der Waals surface area contributed by atoms with Crippen LogP contribution in [0.2, 0.25) is 0 Å². The van der Waals surface area contributed by atoms with Crippen molar-refractivity contribution in [1.82, 2.24) is 4.90 Å². The number of hydrogen-bond acceptors (Lipinski definition) is 3. The molecule has 88 valence electrons. The summed E-state index contributed by atoms with van der Waals surface area (Å²) in [6.07, 6.45) is 2.72. The lowest BCUT2D eigenvalue weighted by atomic mass is 10.2. The molecule has 1 aromatic rings. The molecule has 3 nitrogen and oxygen atoms in total. The molecule has 1 aromatic carbocycles. The molecule has 16 heavy (non-hydrogen) atoms. The van der Waals surface area contributed by atoms with Crippen LogP contribution in [0.3, 0.4) is 0 Å². The number of nitrogens with two attached hydrogens (primary N) is 1. The lowest BCUT2D eigenvalue weighted by Crippen LogP contribution is -2.26. The Balaban J connectivity index is 1.80. The first-order chi connectivity index (χ1) is 7.75. The minimum Gasteiger partial charge on any atom is -0.399 e. The Bertz CT molecular complexity index is 343. The fraction of sp³-hybridized carbons (Fsp3) is 0.538. The zero-order chi connectivity index (χ0) is 11.4. The topological polar surface area (TPSA) is 41.3 Å². The molecule has 1 aliphatic heterocycles. The monoisotopic (exact) mass is 219 g/mol. The second-order valence-electron chi connectivity index (χ2n) is 4.55. The maximum atomic E-state index is 5.72. The third-order valence-corrected chi connectivity index (χ3v) is 3.19. The highest BCUT2D eigenvalue weighted by atomic mass is 15.1. The summed E-state index contributed by atoms with van der Waals surface area (Å²) in [6.45, 7) is 6.79. The zero-order valence-electron chi connectivity index (χ0n) is 10.00. The zero-order valence-corrected chi connectivity index (χ0v) is 10.00. The van der Waals surface area contributed by atoms with Crippen LogP contribution in [0.25, 0.3) is 0 Å². The smallest absolute Gasteiger partial charge is 0.0371 e. The summed E-state index contributed by atoms with van der Waals surface area (Å²) in [4.78, 5) is 2.51. The van der Waals surface area contributed by atoms with Crippen molar-refractivity contribution in [3.05, 3.63) is 23.8 Å². The summed E-state index contributed by atoms with van der Waals surface area (Å²) >= 11 is 0. The van der Waals surface area contributed by atoms with Crippen molar-refractivity contribution >= 4 is 11.4 Å². The molecular formula is C13H21N3. The minimum atomic E-state index is 0.836. The summed E-state index contributed by atoms with van der Waals surface area (Å²) in [5.41, 5.74) is 8.98. The molecular weight excluding hydrogens is 198 g/mol. The number of aryl methyl sites for hydroxylation is 1. The van der Waals surface area contributed by atoms with Crippen LogP contribution >= 0.6 is 0 Å². The number of nitrogen functional groups attached to an aromatic ring is 1. The maximum Gasteiger partial charge on any atom is 0.0371 e. The van der Waals surface area contributed by atoms with Gasteiger partial charge in [-0.2, -0.15) is 0 Å². The van der Waals surface area contributed by atoms with Gasteiger partial charge in [-0.05, 0) is 56.6 Å². The van der Waals surface area contributed by atoms with Crippen LogP contribution < -0.4 is 11.1 Å². The molecule has 2 rings (SSSR count). The molecule has 0 bridgehead atoms. The molecule has 0 aliphatic carbocycles. The third-order valence-electron chi connectivity index (χ3n) is 3.19. The van der Waals surface area contributed by atoms with E-state index in [-0.39, 0.29) is 0 Å². The summed E-state index contributed by atoms with van der Waals surface area (Å²) in [5.74, 6) is 0. The SMILES string of the molecule is Cc1cc(N)ccc1NCCN1CCCC1. The molecule has 0 radical (unpaired) electrons. The molecule has 1 heterocycles. The normalized spacial score (nSPS) is 16.6. The van der Waals surface area contributed by atoms with Crippen LogP contribution in [0.4, 0.5) is 11.4 Å². The number of nitrogens with zero attached hydrogens (tertiary/aromatic N) is 1. The highest BCUT2D eigenvalue weighted by Crippen LogP contribution is 2.17. The fourth-order valence-electron chi connectivity index (χ4n) is 2.24. The Morgan fingerprint density at radius 3 is 2.75 bits per heavy atom. The van der Waals surface area contributed by atoms with Gasteiger partial charge in [0.1, 0.15) is 0 Å². The molecule has 0 aromatic heterocycles. The predicted molar refractivity (Wildman–Crippen MR) is 69.8 cm³/mol. The number of rotatable bonds is 4. The number of nitrogens with one attached hydrogen (secondary N) is 1. The largest absolute Gasteiger partial charge is 0.399 e. The van der Waals surface area contributed by atoms with Crippen molar-refractivity contribution < 1.29 is 0 Å². The van der Waals surface area contributed by atoms with Gasteiger partial charge in [-0.1, -0.05) is 0 Å². The Hall–Kier alpha value is -1.22. The van der Waals surface area contributed by atoms with Crippen LogP contribution in [0.1, 0.15) is 18.4 Å². The molecule has 0 atom stereocenters. The van der Waals surface area contributed by atoms with Gasteiger partial charge < -0.3 is 16.0 Å². The summed E-state index contributed by atoms with van der Waals surface area (Å²) in [6, 6.07) is 6.03. The van der Waals surface area contributed by atoms with E-state index in [0.29, 0.717) is 0 Å². The van der Waals surface area contributed by atoms with Gasteiger partial charge in [-0.3, -0.25) is 0 Å². The van der Waals surface area contributed by atoms with E-state index in [9.17, 15) is 0 Å². The Kier molecular flexibility index (Phi) is 3.67. The minimum absolute atomic E-state index is 0.836. The van der Waals surface area contributed by atoms with Crippen LogP contribution in [0.15, 0.2) is 18.2 Å². The van der Waals surface area contributed by atoms with E-state index in [1.807, 2.05) is 12.1 Å². The predicted octanol–water partition coefficient (Wildman–Crippen LogP) is 2.08. The molecule has 0 unspecified atom stereocenters. The third kappa shape index (κ3) is 2.89. The van der Waals surface area contributed by atoms with Crippen molar-refractivity contribution in [2.75, 3.05) is 37.2 Å². The lowest BCUT2D eigenvalue weighted by Gasteiger charge is -2.16. The van der Waals surface area contributed by atoms with Crippen molar-refractivity contribution in [2.24, 2.45) is 0 Å². The van der Waals surface area contributed by atoms with Gasteiger partial charge in [0.2, 0.25) is 0 Å². The van der Waals surface area contributed by atoms with Crippen molar-refractivity contribution in [3.63, 3.8) is 0 Å². The average molecular weight is 219 g/mol. The maximum absolute atomic E-state index is 5.72. The van der Waals surface area contributed by atoms with E-state index in [1.165, 1.54) is 37.2 Å². The summed E-state index contributed by atoms with van der Waals surface area (Å²) in [7, 11) is 0. The number of hydrogen-bond donors (Lipinski definition) is 2. The van der Waals surface area contributed by atoms with E-state index in [4.69, 9.17) is 5.73 Å². The van der Waals surface area contributed by atoms with Crippen molar-refractivity contribution in [2.45, 2.75) is 19.8 Å². The van der Waals surface area contributed by atoms with Gasteiger partial charge >= 0.3 is 0 Å². The molecule has 3 N–H and O–H groups in total. The van der Waals surface area contributed by atoms with Gasteiger partial charge in [-0.25, -0.2) is 0 Å². The van der Waals surface area contributed by atoms with Gasteiger partial charge in [0.15, 0.2) is 0 Å². The van der Waals surface area contributed by atoms with E-state index in [2.05, 4.69) is 23.2 Å². The highest BCUT2D eigenvalue weighted by molar-refractivity contribution is 5.57. The molecule has 1 aliphatic rings. The van der Waals surface area contributed by atoms with Crippen LogP contribution in [0.5, 0.6) is 0 Å². The Morgan fingerprint density at radius 1 is 1.31 bits per heavy atom. The Labute approximate surface area is 97.6 Å². The first-order valence-corrected chi connectivity index (χ1v) is 6.08. The molecule has 0 spiro atoms. The fourth-order valence-corrected chi connectivity index (χ4v) is 2.24. The van der Waals surface area contributed by atoms with Gasteiger partial charge in [0.25, 0.3) is 0 Å². The molecule has 3 heteroatoms. The Morgan fingerprint density at radius 2 is 2.06 bits per heavy atom.